The number of para-hydroxylation sites is 2. The first-order chi connectivity index (χ1) is 9.20. The number of phenols is 1. The number of phenolic OH excluding ortho intramolecular Hbond substituents is 1. The number of anilines is 1. The molecule has 98 valence electrons. The van der Waals surface area contributed by atoms with Crippen LogP contribution in [0.5, 0.6) is 5.75 Å². The van der Waals surface area contributed by atoms with Crippen LogP contribution in [0, 0.1) is 0 Å². The SMILES string of the molecule is NCCc1ccc(C(=O)Nc2ccccc2O)cc1. The van der Waals surface area contributed by atoms with Crippen LogP contribution in [0.3, 0.4) is 0 Å². The lowest BCUT2D eigenvalue weighted by molar-refractivity contribution is 0.102. The highest BCUT2D eigenvalue weighted by Crippen LogP contribution is 2.22. The molecule has 19 heavy (non-hydrogen) atoms. The van der Waals surface area contributed by atoms with Crippen LogP contribution in [-0.4, -0.2) is 17.6 Å². The lowest BCUT2D eigenvalue weighted by Gasteiger charge is -2.07. The van der Waals surface area contributed by atoms with Gasteiger partial charge in [0, 0.05) is 5.56 Å². The van der Waals surface area contributed by atoms with Crippen molar-refractivity contribution in [1.82, 2.24) is 0 Å². The molecular weight excluding hydrogens is 240 g/mol. The van der Waals surface area contributed by atoms with Gasteiger partial charge in [-0.15, -0.1) is 0 Å². The molecule has 2 aromatic carbocycles. The van der Waals surface area contributed by atoms with E-state index in [-0.39, 0.29) is 11.7 Å². The van der Waals surface area contributed by atoms with Gasteiger partial charge in [-0.3, -0.25) is 4.79 Å². The Balaban J connectivity index is 2.10. The van der Waals surface area contributed by atoms with E-state index in [2.05, 4.69) is 5.32 Å². The van der Waals surface area contributed by atoms with E-state index in [9.17, 15) is 9.90 Å². The molecule has 0 atom stereocenters. The van der Waals surface area contributed by atoms with Crippen molar-refractivity contribution < 1.29 is 9.90 Å². The zero-order valence-corrected chi connectivity index (χ0v) is 10.5. The van der Waals surface area contributed by atoms with Crippen LogP contribution in [0.4, 0.5) is 5.69 Å². The van der Waals surface area contributed by atoms with Crippen molar-refractivity contribution >= 4 is 11.6 Å². The normalized spacial score (nSPS) is 10.2. The molecule has 2 aromatic rings. The van der Waals surface area contributed by atoms with E-state index in [1.165, 1.54) is 6.07 Å². The highest BCUT2D eigenvalue weighted by atomic mass is 16.3. The first kappa shape index (κ1) is 13.1. The van der Waals surface area contributed by atoms with Crippen LogP contribution in [0.15, 0.2) is 48.5 Å². The molecule has 0 saturated heterocycles. The molecular formula is C15H16N2O2. The van der Waals surface area contributed by atoms with Crippen molar-refractivity contribution in [3.63, 3.8) is 0 Å². The lowest BCUT2D eigenvalue weighted by atomic mass is 10.1. The molecule has 0 bridgehead atoms. The molecule has 0 aliphatic carbocycles. The van der Waals surface area contributed by atoms with Gasteiger partial charge in [0.1, 0.15) is 5.75 Å². The minimum absolute atomic E-state index is 0.0515. The van der Waals surface area contributed by atoms with Crippen LogP contribution in [0.1, 0.15) is 15.9 Å². The third-order valence-electron chi connectivity index (χ3n) is 2.80. The minimum atomic E-state index is -0.249. The van der Waals surface area contributed by atoms with Gasteiger partial charge < -0.3 is 16.2 Å². The Bertz CT molecular complexity index is 565. The van der Waals surface area contributed by atoms with Gasteiger partial charge >= 0.3 is 0 Å². The third kappa shape index (κ3) is 3.33. The van der Waals surface area contributed by atoms with Crippen LogP contribution in [0.2, 0.25) is 0 Å². The van der Waals surface area contributed by atoms with E-state index in [0.29, 0.717) is 17.8 Å². The predicted octanol–water partition coefficient (Wildman–Crippen LogP) is 2.15. The second-order valence-electron chi connectivity index (χ2n) is 4.21. The van der Waals surface area contributed by atoms with Crippen molar-refractivity contribution in [3.8, 4) is 5.75 Å². The second kappa shape index (κ2) is 6.02. The smallest absolute Gasteiger partial charge is 0.255 e. The van der Waals surface area contributed by atoms with E-state index in [0.717, 1.165) is 12.0 Å². The molecule has 0 heterocycles. The van der Waals surface area contributed by atoms with Gasteiger partial charge in [-0.1, -0.05) is 24.3 Å². The zero-order valence-electron chi connectivity index (χ0n) is 10.5. The molecule has 0 aromatic heterocycles. The van der Waals surface area contributed by atoms with E-state index in [1.807, 2.05) is 12.1 Å². The molecule has 4 nitrogen and oxygen atoms in total. The number of rotatable bonds is 4. The summed E-state index contributed by atoms with van der Waals surface area (Å²) in [5.74, 6) is -0.198. The van der Waals surface area contributed by atoms with E-state index in [4.69, 9.17) is 5.73 Å². The summed E-state index contributed by atoms with van der Waals surface area (Å²) in [6.45, 7) is 0.587. The highest BCUT2D eigenvalue weighted by molar-refractivity contribution is 6.04. The quantitative estimate of drug-likeness (QED) is 0.734. The lowest BCUT2D eigenvalue weighted by Crippen LogP contribution is -2.12. The third-order valence-corrected chi connectivity index (χ3v) is 2.80. The van der Waals surface area contributed by atoms with Crippen molar-refractivity contribution in [1.29, 1.82) is 0 Å². The summed E-state index contributed by atoms with van der Waals surface area (Å²) in [5, 5.41) is 12.3. The zero-order chi connectivity index (χ0) is 13.7. The van der Waals surface area contributed by atoms with E-state index < -0.39 is 0 Å². The summed E-state index contributed by atoms with van der Waals surface area (Å²) in [7, 11) is 0. The molecule has 0 saturated carbocycles. The van der Waals surface area contributed by atoms with Crippen LogP contribution >= 0.6 is 0 Å². The monoisotopic (exact) mass is 256 g/mol. The maximum atomic E-state index is 12.0. The maximum Gasteiger partial charge on any atom is 0.255 e. The van der Waals surface area contributed by atoms with Crippen LogP contribution < -0.4 is 11.1 Å². The Morgan fingerprint density at radius 1 is 1.11 bits per heavy atom. The number of hydrogen-bond donors (Lipinski definition) is 3. The fraction of sp³-hybridized carbons (Fsp3) is 0.133. The van der Waals surface area contributed by atoms with Crippen molar-refractivity contribution in [3.05, 3.63) is 59.7 Å². The van der Waals surface area contributed by atoms with Gasteiger partial charge in [0.05, 0.1) is 5.69 Å². The Morgan fingerprint density at radius 2 is 1.79 bits per heavy atom. The van der Waals surface area contributed by atoms with Gasteiger partial charge in [0.25, 0.3) is 5.91 Å². The van der Waals surface area contributed by atoms with Crippen molar-refractivity contribution in [2.75, 3.05) is 11.9 Å². The van der Waals surface area contributed by atoms with Gasteiger partial charge in [-0.25, -0.2) is 0 Å². The average Bonchev–Trinajstić information content (AvgIpc) is 2.42. The van der Waals surface area contributed by atoms with Gasteiger partial charge in [-0.05, 0) is 42.8 Å². The van der Waals surface area contributed by atoms with Crippen molar-refractivity contribution in [2.45, 2.75) is 6.42 Å². The molecule has 0 radical (unpaired) electrons. The summed E-state index contributed by atoms with van der Waals surface area (Å²) in [5.41, 5.74) is 7.52. The van der Waals surface area contributed by atoms with Gasteiger partial charge in [0.2, 0.25) is 0 Å². The predicted molar refractivity (Wildman–Crippen MR) is 75.3 cm³/mol. The minimum Gasteiger partial charge on any atom is -0.506 e. The number of benzene rings is 2. The highest BCUT2D eigenvalue weighted by Gasteiger charge is 2.08. The topological polar surface area (TPSA) is 75.4 Å². The summed E-state index contributed by atoms with van der Waals surface area (Å²) >= 11 is 0. The van der Waals surface area contributed by atoms with E-state index >= 15 is 0 Å². The Hall–Kier alpha value is -2.33. The second-order valence-corrected chi connectivity index (χ2v) is 4.21. The molecule has 0 unspecified atom stereocenters. The fourth-order valence-electron chi connectivity index (χ4n) is 1.76. The summed E-state index contributed by atoms with van der Waals surface area (Å²) < 4.78 is 0. The summed E-state index contributed by atoms with van der Waals surface area (Å²) in [4.78, 5) is 12.0. The molecule has 0 fully saturated rings. The Kier molecular flexibility index (Phi) is 4.15. The average molecular weight is 256 g/mol. The fourth-order valence-corrected chi connectivity index (χ4v) is 1.76. The summed E-state index contributed by atoms with van der Waals surface area (Å²) in [6, 6.07) is 13.9. The number of amides is 1. The number of nitrogens with two attached hydrogens (primary N) is 1. The molecule has 0 spiro atoms. The van der Waals surface area contributed by atoms with Crippen LogP contribution in [-0.2, 0) is 6.42 Å². The molecule has 1 amide bonds. The molecule has 0 aliphatic heterocycles. The first-order valence-corrected chi connectivity index (χ1v) is 6.09. The number of hydrogen-bond acceptors (Lipinski definition) is 3. The molecule has 4 N–H and O–H groups in total. The first-order valence-electron chi connectivity index (χ1n) is 6.09. The molecule has 4 heteroatoms. The van der Waals surface area contributed by atoms with Gasteiger partial charge in [-0.2, -0.15) is 0 Å². The van der Waals surface area contributed by atoms with E-state index in [1.54, 1.807) is 30.3 Å². The Morgan fingerprint density at radius 3 is 2.42 bits per heavy atom. The Labute approximate surface area is 111 Å². The molecule has 0 aliphatic rings. The largest absolute Gasteiger partial charge is 0.506 e. The number of nitrogens with one attached hydrogen (secondary N) is 1. The van der Waals surface area contributed by atoms with Gasteiger partial charge in [0.15, 0.2) is 0 Å². The number of aromatic hydroxyl groups is 1. The molecule has 2 rings (SSSR count). The standard InChI is InChI=1S/C15H16N2O2/c16-10-9-11-5-7-12(8-6-11)15(19)17-13-3-1-2-4-14(13)18/h1-8,18H,9-10,16H2,(H,17,19). The van der Waals surface area contributed by atoms with Crippen molar-refractivity contribution in [2.24, 2.45) is 5.73 Å². The number of carbonyl (C=O) groups is 1. The van der Waals surface area contributed by atoms with Crippen LogP contribution in [0.25, 0.3) is 0 Å². The summed E-state index contributed by atoms with van der Waals surface area (Å²) in [6.07, 6.45) is 0.793. The maximum absolute atomic E-state index is 12.0. The number of carbonyl (C=O) groups excluding carboxylic acids is 1.